The van der Waals surface area contributed by atoms with Crippen LogP contribution in [0.2, 0.25) is 0 Å². The van der Waals surface area contributed by atoms with Gasteiger partial charge in [0.05, 0.1) is 5.41 Å². The fourth-order valence-corrected chi connectivity index (χ4v) is 6.05. The van der Waals surface area contributed by atoms with Gasteiger partial charge in [-0.3, -0.25) is 4.79 Å². The first-order valence-corrected chi connectivity index (χ1v) is 10.8. The molecule has 3 N–H and O–H groups in total. The molecule has 8 heteroatoms. The Morgan fingerprint density at radius 3 is 2.28 bits per heavy atom. The molecule has 4 saturated carbocycles. The third-order valence-corrected chi connectivity index (χ3v) is 7.10. The first-order chi connectivity index (χ1) is 13.5. The first kappa shape index (κ1) is 20.3. The molecule has 0 spiro atoms. The molecule has 0 radical (unpaired) electrons. The van der Waals surface area contributed by atoms with Crippen molar-refractivity contribution in [1.82, 2.24) is 10.2 Å². The van der Waals surface area contributed by atoms with E-state index in [-0.39, 0.29) is 41.3 Å². The maximum Gasteiger partial charge on any atom is 0.410 e. The van der Waals surface area contributed by atoms with Crippen molar-refractivity contribution in [2.75, 3.05) is 19.6 Å². The van der Waals surface area contributed by atoms with Crippen molar-refractivity contribution < 1.29 is 23.9 Å². The Balaban J connectivity index is 1.23. The number of hydrogen-bond donors (Lipinski definition) is 2. The molecule has 3 amide bonds. The van der Waals surface area contributed by atoms with E-state index in [1.807, 2.05) is 20.8 Å². The van der Waals surface area contributed by atoms with E-state index in [2.05, 4.69) is 5.32 Å². The maximum atomic E-state index is 12.6. The van der Waals surface area contributed by atoms with E-state index in [4.69, 9.17) is 15.2 Å². The Bertz CT molecular complexity index is 681. The zero-order valence-electron chi connectivity index (χ0n) is 17.6. The molecule has 1 aliphatic heterocycles. The zero-order valence-corrected chi connectivity index (χ0v) is 17.6. The molecular formula is C21H33N3O5. The number of carbonyl (C=O) groups excluding carboxylic acids is 3. The number of nitrogens with one attached hydrogen (secondary N) is 1. The van der Waals surface area contributed by atoms with Crippen LogP contribution in [0.1, 0.15) is 52.9 Å². The van der Waals surface area contributed by atoms with E-state index >= 15 is 0 Å². The summed E-state index contributed by atoms with van der Waals surface area (Å²) in [5, 5.41) is 2.76. The Morgan fingerprint density at radius 1 is 1.10 bits per heavy atom. The molecule has 0 aromatic carbocycles. The Hall–Kier alpha value is -1.99. The second kappa shape index (κ2) is 7.06. The normalized spacial score (nSPS) is 35.8. The molecule has 3 unspecified atom stereocenters. The van der Waals surface area contributed by atoms with Gasteiger partial charge in [0.2, 0.25) is 5.91 Å². The molecule has 4 aliphatic carbocycles. The third kappa shape index (κ3) is 4.03. The Morgan fingerprint density at radius 2 is 1.72 bits per heavy atom. The number of carbonyl (C=O) groups is 3. The monoisotopic (exact) mass is 407 g/mol. The highest BCUT2D eigenvalue weighted by atomic mass is 16.6. The number of ether oxygens (including phenoxy) is 2. The van der Waals surface area contributed by atoms with E-state index < -0.39 is 11.7 Å². The molecule has 5 fully saturated rings. The van der Waals surface area contributed by atoms with Gasteiger partial charge in [0.25, 0.3) is 0 Å². The molecular weight excluding hydrogens is 374 g/mol. The van der Waals surface area contributed by atoms with Crippen LogP contribution in [0.4, 0.5) is 9.59 Å². The molecule has 5 rings (SSSR count). The lowest BCUT2D eigenvalue weighted by Crippen LogP contribution is -2.60. The van der Waals surface area contributed by atoms with Crippen LogP contribution in [0.25, 0.3) is 0 Å². The quantitative estimate of drug-likeness (QED) is 0.743. The van der Waals surface area contributed by atoms with Gasteiger partial charge < -0.3 is 25.4 Å². The number of amides is 3. The molecule has 0 aromatic rings. The summed E-state index contributed by atoms with van der Waals surface area (Å²) in [6.07, 6.45) is 3.70. The van der Waals surface area contributed by atoms with Crippen LogP contribution in [0.3, 0.4) is 0 Å². The van der Waals surface area contributed by atoms with Crippen LogP contribution in [0, 0.1) is 29.1 Å². The number of nitrogens with two attached hydrogens (primary N) is 1. The van der Waals surface area contributed by atoms with Gasteiger partial charge in [-0.15, -0.1) is 0 Å². The van der Waals surface area contributed by atoms with E-state index in [1.54, 1.807) is 4.90 Å². The van der Waals surface area contributed by atoms with Crippen molar-refractivity contribution in [3.63, 3.8) is 0 Å². The SMILES string of the molecule is CC(C)(C)OC(=O)NCC1CN(C(=O)OC2[C@@H]3CC4C[C@H]2CC(C(N)=O)(C4)C3)C1. The summed E-state index contributed by atoms with van der Waals surface area (Å²) in [6.45, 7) is 7.10. The number of nitrogens with zero attached hydrogens (tertiary/aromatic N) is 1. The molecule has 1 saturated heterocycles. The lowest BCUT2D eigenvalue weighted by molar-refractivity contribution is -0.162. The minimum Gasteiger partial charge on any atom is -0.446 e. The van der Waals surface area contributed by atoms with Crippen molar-refractivity contribution in [1.29, 1.82) is 0 Å². The second-order valence-corrected chi connectivity index (χ2v) is 10.6. The van der Waals surface area contributed by atoms with Crippen LogP contribution in [-0.4, -0.2) is 54.3 Å². The summed E-state index contributed by atoms with van der Waals surface area (Å²) in [4.78, 5) is 38.1. The first-order valence-electron chi connectivity index (χ1n) is 10.8. The van der Waals surface area contributed by atoms with Gasteiger partial charge in [-0.2, -0.15) is 0 Å². The average molecular weight is 408 g/mol. The summed E-state index contributed by atoms with van der Waals surface area (Å²) >= 11 is 0. The summed E-state index contributed by atoms with van der Waals surface area (Å²) in [7, 11) is 0. The number of likely N-dealkylation sites (tertiary alicyclic amines) is 1. The molecule has 162 valence electrons. The van der Waals surface area contributed by atoms with Gasteiger partial charge in [0, 0.05) is 25.6 Å². The number of primary amides is 1. The molecule has 0 aromatic heterocycles. The van der Waals surface area contributed by atoms with Crippen LogP contribution < -0.4 is 11.1 Å². The Labute approximate surface area is 171 Å². The number of hydrogen-bond acceptors (Lipinski definition) is 5. The van der Waals surface area contributed by atoms with Crippen molar-refractivity contribution >= 4 is 18.1 Å². The average Bonchev–Trinajstić information content (AvgIpc) is 2.54. The highest BCUT2D eigenvalue weighted by molar-refractivity contribution is 5.81. The van der Waals surface area contributed by atoms with Crippen molar-refractivity contribution in [2.45, 2.75) is 64.6 Å². The van der Waals surface area contributed by atoms with Gasteiger partial charge in [-0.05, 0) is 70.6 Å². The van der Waals surface area contributed by atoms with E-state index in [0.29, 0.717) is 25.6 Å². The zero-order chi connectivity index (χ0) is 21.0. The minimum atomic E-state index is -0.523. The number of rotatable bonds is 4. The van der Waals surface area contributed by atoms with Crippen LogP contribution >= 0.6 is 0 Å². The van der Waals surface area contributed by atoms with Crippen molar-refractivity contribution in [3.8, 4) is 0 Å². The standard InChI is InChI=1S/C21H33N3O5/c1-20(2,3)29-18(26)23-9-13-10-24(11-13)19(27)28-16-14-4-12-5-15(16)8-21(6-12,7-14)17(22)25/h12-16H,4-11H2,1-3H3,(H2,22,25)(H,23,26)/t12?,14-,15+,16?,21?. The summed E-state index contributed by atoms with van der Waals surface area (Å²) in [5.41, 5.74) is 4.83. The molecule has 8 nitrogen and oxygen atoms in total. The van der Waals surface area contributed by atoms with Crippen molar-refractivity contribution in [3.05, 3.63) is 0 Å². The van der Waals surface area contributed by atoms with Gasteiger partial charge in [0.1, 0.15) is 11.7 Å². The number of alkyl carbamates (subject to hydrolysis) is 1. The van der Waals surface area contributed by atoms with Gasteiger partial charge in [-0.1, -0.05) is 0 Å². The van der Waals surface area contributed by atoms with E-state index in [1.165, 1.54) is 0 Å². The second-order valence-electron chi connectivity index (χ2n) is 10.6. The molecule has 5 aliphatic rings. The van der Waals surface area contributed by atoms with Gasteiger partial charge >= 0.3 is 12.2 Å². The predicted molar refractivity (Wildman–Crippen MR) is 105 cm³/mol. The summed E-state index contributed by atoms with van der Waals surface area (Å²) < 4.78 is 11.1. The highest BCUT2D eigenvalue weighted by Gasteiger charge is 2.59. The molecule has 1 heterocycles. The third-order valence-electron chi connectivity index (χ3n) is 7.10. The largest absolute Gasteiger partial charge is 0.446 e. The lowest BCUT2D eigenvalue weighted by atomic mass is 9.48. The molecule has 29 heavy (non-hydrogen) atoms. The fraction of sp³-hybridized carbons (Fsp3) is 0.857. The maximum absolute atomic E-state index is 12.6. The summed E-state index contributed by atoms with van der Waals surface area (Å²) in [6, 6.07) is 0. The van der Waals surface area contributed by atoms with Crippen LogP contribution in [0.15, 0.2) is 0 Å². The van der Waals surface area contributed by atoms with Gasteiger partial charge in [-0.25, -0.2) is 9.59 Å². The fourth-order valence-electron chi connectivity index (χ4n) is 6.05. The molecule has 5 atom stereocenters. The lowest BCUT2D eigenvalue weighted by Gasteiger charge is -2.58. The topological polar surface area (TPSA) is 111 Å². The van der Waals surface area contributed by atoms with Crippen molar-refractivity contribution in [2.24, 2.45) is 34.8 Å². The summed E-state index contributed by atoms with van der Waals surface area (Å²) in [5.74, 6) is 1.09. The minimum absolute atomic E-state index is 0.0922. The predicted octanol–water partition coefficient (Wildman–Crippen LogP) is 2.26. The van der Waals surface area contributed by atoms with Gasteiger partial charge in [0.15, 0.2) is 0 Å². The smallest absolute Gasteiger partial charge is 0.410 e. The van der Waals surface area contributed by atoms with Crippen LogP contribution in [-0.2, 0) is 14.3 Å². The van der Waals surface area contributed by atoms with E-state index in [0.717, 1.165) is 32.1 Å². The van der Waals surface area contributed by atoms with E-state index in [9.17, 15) is 14.4 Å². The Kier molecular flexibility index (Phi) is 4.94. The van der Waals surface area contributed by atoms with Crippen LogP contribution in [0.5, 0.6) is 0 Å². The molecule has 4 bridgehead atoms. The highest BCUT2D eigenvalue weighted by Crippen LogP contribution is 2.60.